The van der Waals surface area contributed by atoms with Crippen LogP contribution in [0.2, 0.25) is 0 Å². The number of nitrogens with one attached hydrogen (secondary N) is 1. The molecule has 0 aliphatic carbocycles. The maximum absolute atomic E-state index is 12.3. The molecule has 1 aliphatic rings. The number of halogens is 1. The molecule has 1 amide bonds. The zero-order valence-electron chi connectivity index (χ0n) is 18.1. The molecule has 0 spiro atoms. The number of hydrogen-bond donors (Lipinski definition) is 1. The Morgan fingerprint density at radius 2 is 1.94 bits per heavy atom. The molecular formula is C23H31IN4O3. The van der Waals surface area contributed by atoms with Crippen molar-refractivity contribution in [1.82, 2.24) is 10.2 Å². The van der Waals surface area contributed by atoms with E-state index in [9.17, 15) is 4.79 Å². The maximum Gasteiger partial charge on any atom is 0.265 e. The fourth-order valence-electron chi connectivity index (χ4n) is 3.21. The normalized spacial score (nSPS) is 13.0. The summed E-state index contributed by atoms with van der Waals surface area (Å²) in [6, 6.07) is 17.4. The Morgan fingerprint density at radius 3 is 2.71 bits per heavy atom. The second kappa shape index (κ2) is 13.0. The molecule has 7 nitrogen and oxygen atoms in total. The van der Waals surface area contributed by atoms with E-state index in [4.69, 9.17) is 14.5 Å². The number of ether oxygens (including phenoxy) is 2. The van der Waals surface area contributed by atoms with Gasteiger partial charge in [-0.2, -0.15) is 0 Å². The zero-order valence-corrected chi connectivity index (χ0v) is 20.5. The predicted molar refractivity (Wildman–Crippen MR) is 135 cm³/mol. The first-order chi connectivity index (χ1) is 14.7. The Hall–Kier alpha value is -2.49. The molecule has 0 fully saturated rings. The van der Waals surface area contributed by atoms with Crippen LogP contribution in [0.1, 0.15) is 13.3 Å². The summed E-state index contributed by atoms with van der Waals surface area (Å²) in [6.07, 6.45) is 0.767. The third-order valence-corrected chi connectivity index (χ3v) is 4.74. The van der Waals surface area contributed by atoms with E-state index in [0.717, 1.165) is 42.7 Å². The largest absolute Gasteiger partial charge is 0.492 e. The Morgan fingerprint density at radius 1 is 1.19 bits per heavy atom. The van der Waals surface area contributed by atoms with Gasteiger partial charge >= 0.3 is 0 Å². The van der Waals surface area contributed by atoms with Gasteiger partial charge in [-0.3, -0.25) is 9.79 Å². The Balaban J connectivity index is 0.00000341. The van der Waals surface area contributed by atoms with E-state index in [1.807, 2.05) is 68.6 Å². The van der Waals surface area contributed by atoms with Crippen LogP contribution in [0.15, 0.2) is 59.6 Å². The summed E-state index contributed by atoms with van der Waals surface area (Å²) in [5.41, 5.74) is 0.833. The highest BCUT2D eigenvalue weighted by Gasteiger charge is 2.24. The van der Waals surface area contributed by atoms with Gasteiger partial charge in [0.05, 0.1) is 12.2 Å². The third kappa shape index (κ3) is 7.30. The first-order valence-electron chi connectivity index (χ1n) is 10.4. The van der Waals surface area contributed by atoms with Crippen molar-refractivity contribution >= 4 is 41.5 Å². The monoisotopic (exact) mass is 538 g/mol. The zero-order chi connectivity index (χ0) is 21.2. The van der Waals surface area contributed by atoms with E-state index in [1.165, 1.54) is 0 Å². The van der Waals surface area contributed by atoms with Gasteiger partial charge < -0.3 is 24.6 Å². The summed E-state index contributed by atoms with van der Waals surface area (Å²) in [4.78, 5) is 20.8. The minimum Gasteiger partial charge on any atom is -0.492 e. The van der Waals surface area contributed by atoms with Gasteiger partial charge in [-0.15, -0.1) is 24.0 Å². The highest BCUT2D eigenvalue weighted by Crippen LogP contribution is 2.31. The first kappa shape index (κ1) is 24.8. The molecule has 0 saturated carbocycles. The third-order valence-electron chi connectivity index (χ3n) is 4.74. The van der Waals surface area contributed by atoms with E-state index in [2.05, 4.69) is 10.2 Å². The summed E-state index contributed by atoms with van der Waals surface area (Å²) >= 11 is 0. The summed E-state index contributed by atoms with van der Waals surface area (Å²) < 4.78 is 11.3. The van der Waals surface area contributed by atoms with Gasteiger partial charge in [-0.25, -0.2) is 0 Å². The molecule has 2 aromatic carbocycles. The van der Waals surface area contributed by atoms with Gasteiger partial charge in [0.25, 0.3) is 5.91 Å². The number of para-hydroxylation sites is 3. The molecule has 31 heavy (non-hydrogen) atoms. The highest BCUT2D eigenvalue weighted by atomic mass is 127. The SMILES string of the molecule is CCNC(=NCCCN1C(=O)COc2ccccc21)N(C)CCOc1ccccc1.I. The molecule has 0 saturated heterocycles. The lowest BCUT2D eigenvalue weighted by atomic mass is 10.2. The van der Waals surface area contributed by atoms with Crippen molar-refractivity contribution in [1.29, 1.82) is 0 Å². The van der Waals surface area contributed by atoms with Crippen LogP contribution in [-0.4, -0.2) is 63.2 Å². The van der Waals surface area contributed by atoms with Crippen molar-refractivity contribution < 1.29 is 14.3 Å². The molecule has 0 radical (unpaired) electrons. The average Bonchev–Trinajstić information content (AvgIpc) is 2.77. The van der Waals surface area contributed by atoms with E-state index in [-0.39, 0.29) is 36.5 Å². The molecular weight excluding hydrogens is 507 g/mol. The number of carbonyl (C=O) groups excluding carboxylic acids is 1. The molecule has 3 rings (SSSR count). The Labute approximate surface area is 201 Å². The van der Waals surface area contributed by atoms with E-state index in [1.54, 1.807) is 4.90 Å². The number of aliphatic imine (C=N–C) groups is 1. The van der Waals surface area contributed by atoms with Crippen LogP contribution in [0.3, 0.4) is 0 Å². The van der Waals surface area contributed by atoms with Gasteiger partial charge in [0.2, 0.25) is 0 Å². The minimum atomic E-state index is -0.0141. The van der Waals surface area contributed by atoms with Crippen molar-refractivity contribution in [3.8, 4) is 11.5 Å². The lowest BCUT2D eigenvalue weighted by molar-refractivity contribution is -0.121. The standard InChI is InChI=1S/C23H30N4O3.HI/c1-3-24-23(26(2)16-17-29-19-10-5-4-6-11-19)25-14-9-15-27-20-12-7-8-13-21(20)30-18-22(27)28;/h4-8,10-13H,3,9,14-18H2,1-2H3,(H,24,25);1H. The number of guanidine groups is 1. The number of fused-ring (bicyclic) bond motifs is 1. The molecule has 8 heteroatoms. The average molecular weight is 538 g/mol. The number of nitrogens with zero attached hydrogens (tertiary/aromatic N) is 3. The van der Waals surface area contributed by atoms with Crippen LogP contribution in [0.4, 0.5) is 5.69 Å². The summed E-state index contributed by atoms with van der Waals surface area (Å²) in [7, 11) is 2.00. The van der Waals surface area contributed by atoms with Gasteiger partial charge in [0.15, 0.2) is 12.6 Å². The van der Waals surface area contributed by atoms with E-state index >= 15 is 0 Å². The number of benzene rings is 2. The molecule has 168 valence electrons. The summed E-state index contributed by atoms with van der Waals surface area (Å²) in [6.45, 7) is 5.46. The quantitative estimate of drug-likeness (QED) is 0.230. The van der Waals surface area contributed by atoms with Crippen LogP contribution < -0.4 is 19.7 Å². The predicted octanol–water partition coefficient (Wildman–Crippen LogP) is 3.40. The number of carbonyl (C=O) groups is 1. The maximum atomic E-state index is 12.3. The smallest absolute Gasteiger partial charge is 0.265 e. The Kier molecular flexibility index (Phi) is 10.4. The molecule has 0 bridgehead atoms. The van der Waals surface area contributed by atoms with Crippen LogP contribution in [0.5, 0.6) is 11.5 Å². The summed E-state index contributed by atoms with van der Waals surface area (Å²) in [5.74, 6) is 2.44. The lowest BCUT2D eigenvalue weighted by Crippen LogP contribution is -2.41. The van der Waals surface area contributed by atoms with Crippen LogP contribution in [-0.2, 0) is 4.79 Å². The molecule has 0 atom stereocenters. The van der Waals surface area contributed by atoms with Crippen molar-refractivity contribution in [2.24, 2.45) is 4.99 Å². The second-order valence-electron chi connectivity index (χ2n) is 6.97. The van der Waals surface area contributed by atoms with Crippen LogP contribution in [0, 0.1) is 0 Å². The Bertz CT molecular complexity index is 848. The molecule has 0 aromatic heterocycles. The number of hydrogen-bond acceptors (Lipinski definition) is 4. The highest BCUT2D eigenvalue weighted by molar-refractivity contribution is 14.0. The van der Waals surface area contributed by atoms with Gasteiger partial charge in [0.1, 0.15) is 18.1 Å². The molecule has 2 aromatic rings. The number of rotatable bonds is 9. The van der Waals surface area contributed by atoms with Crippen molar-refractivity contribution in [3.63, 3.8) is 0 Å². The fraction of sp³-hybridized carbons (Fsp3) is 0.391. The van der Waals surface area contributed by atoms with Crippen LogP contribution in [0.25, 0.3) is 0 Å². The topological polar surface area (TPSA) is 66.4 Å². The van der Waals surface area contributed by atoms with Crippen LogP contribution >= 0.6 is 24.0 Å². The number of amides is 1. The van der Waals surface area contributed by atoms with Crippen molar-refractivity contribution in [2.45, 2.75) is 13.3 Å². The fourth-order valence-corrected chi connectivity index (χ4v) is 3.21. The first-order valence-corrected chi connectivity index (χ1v) is 10.4. The van der Waals surface area contributed by atoms with Gasteiger partial charge in [-0.05, 0) is 37.6 Å². The minimum absolute atomic E-state index is 0. The van der Waals surface area contributed by atoms with Gasteiger partial charge in [0, 0.05) is 26.7 Å². The van der Waals surface area contributed by atoms with Crippen molar-refractivity contribution in [3.05, 3.63) is 54.6 Å². The van der Waals surface area contributed by atoms with E-state index < -0.39 is 0 Å². The molecule has 1 aliphatic heterocycles. The lowest BCUT2D eigenvalue weighted by Gasteiger charge is -2.29. The number of anilines is 1. The molecule has 1 N–H and O–H groups in total. The molecule has 0 unspecified atom stereocenters. The van der Waals surface area contributed by atoms with E-state index in [0.29, 0.717) is 19.7 Å². The summed E-state index contributed by atoms with van der Waals surface area (Å²) in [5, 5.41) is 3.31. The van der Waals surface area contributed by atoms with Gasteiger partial charge in [-0.1, -0.05) is 30.3 Å². The van der Waals surface area contributed by atoms with Crippen molar-refractivity contribution in [2.75, 3.05) is 51.3 Å². The second-order valence-corrected chi connectivity index (χ2v) is 6.97. The number of likely N-dealkylation sites (N-methyl/N-ethyl adjacent to an activating group) is 1. The molecule has 1 heterocycles.